The van der Waals surface area contributed by atoms with Crippen LogP contribution in [-0.4, -0.2) is 11.2 Å². The van der Waals surface area contributed by atoms with Crippen molar-refractivity contribution in [2.24, 2.45) is 5.92 Å². The van der Waals surface area contributed by atoms with Crippen LogP contribution in [0.5, 0.6) is 0 Å². The Balaban J connectivity index is 2.00. The molecule has 1 aromatic rings. The second kappa shape index (κ2) is 3.76. The number of fused-ring (bicyclic) bond motifs is 1. The van der Waals surface area contributed by atoms with Crippen molar-refractivity contribution in [3.05, 3.63) is 23.8 Å². The van der Waals surface area contributed by atoms with Crippen LogP contribution in [0.4, 0.5) is 5.69 Å². The van der Waals surface area contributed by atoms with Crippen molar-refractivity contribution in [2.45, 2.75) is 35.8 Å². The van der Waals surface area contributed by atoms with Crippen molar-refractivity contribution in [3.63, 3.8) is 0 Å². The molecule has 0 spiro atoms. The van der Waals surface area contributed by atoms with Crippen LogP contribution in [0.2, 0.25) is 0 Å². The number of benzene rings is 1. The highest BCUT2D eigenvalue weighted by molar-refractivity contribution is 8.00. The maximum Gasteiger partial charge on any atom is 0.237 e. The summed E-state index contributed by atoms with van der Waals surface area (Å²) in [5.74, 6) is 0.450. The molecule has 1 aliphatic heterocycles. The molecule has 3 unspecified atom stereocenters. The van der Waals surface area contributed by atoms with Gasteiger partial charge in [0.2, 0.25) is 5.91 Å². The first-order chi connectivity index (χ1) is 8.56. The molecular weight excluding hydrogens is 244 g/mol. The number of carbonyl (C=O) groups is 1. The van der Waals surface area contributed by atoms with E-state index in [1.54, 1.807) is 11.8 Å². The number of nitrogens with one attached hydrogen (secondary N) is 1. The molecule has 18 heavy (non-hydrogen) atoms. The molecule has 1 aliphatic carbocycles. The lowest BCUT2D eigenvalue weighted by atomic mass is 9.95. The van der Waals surface area contributed by atoms with E-state index in [2.05, 4.69) is 18.3 Å². The van der Waals surface area contributed by atoms with E-state index in [1.165, 1.54) is 0 Å². The van der Waals surface area contributed by atoms with Crippen molar-refractivity contribution < 1.29 is 4.79 Å². The zero-order valence-corrected chi connectivity index (χ0v) is 11.2. The lowest BCUT2D eigenvalue weighted by Gasteiger charge is -2.22. The molecule has 3 nitrogen and oxygen atoms in total. The van der Waals surface area contributed by atoms with E-state index in [0.29, 0.717) is 5.92 Å². The lowest BCUT2D eigenvalue weighted by Crippen LogP contribution is -2.26. The van der Waals surface area contributed by atoms with Crippen molar-refractivity contribution in [1.29, 1.82) is 5.26 Å². The van der Waals surface area contributed by atoms with E-state index in [-0.39, 0.29) is 16.6 Å². The minimum atomic E-state index is -0.326. The summed E-state index contributed by atoms with van der Waals surface area (Å²) in [6.45, 7) is 3.99. The maximum absolute atomic E-state index is 11.7. The summed E-state index contributed by atoms with van der Waals surface area (Å²) in [6.07, 6.45) is 0.916. The lowest BCUT2D eigenvalue weighted by molar-refractivity contribution is -0.115. The molecule has 0 radical (unpaired) electrons. The Morgan fingerprint density at radius 1 is 1.50 bits per heavy atom. The van der Waals surface area contributed by atoms with Crippen LogP contribution in [-0.2, 0) is 10.2 Å². The van der Waals surface area contributed by atoms with Gasteiger partial charge in [0.15, 0.2) is 0 Å². The van der Waals surface area contributed by atoms with Gasteiger partial charge in [-0.25, -0.2) is 0 Å². The molecule has 1 saturated carbocycles. The highest BCUT2D eigenvalue weighted by atomic mass is 32.2. The summed E-state index contributed by atoms with van der Waals surface area (Å²) in [5, 5.41) is 12.2. The monoisotopic (exact) mass is 258 g/mol. The first-order valence-electron chi connectivity index (χ1n) is 6.10. The zero-order valence-electron chi connectivity index (χ0n) is 10.4. The number of amides is 1. The summed E-state index contributed by atoms with van der Waals surface area (Å²) in [4.78, 5) is 12.8. The molecule has 0 bridgehead atoms. The molecule has 0 saturated heterocycles. The third-order valence-electron chi connectivity index (χ3n) is 3.93. The molecular formula is C14H14N2OS. The van der Waals surface area contributed by atoms with Gasteiger partial charge in [-0.3, -0.25) is 4.79 Å². The predicted molar refractivity (Wildman–Crippen MR) is 71.5 cm³/mol. The Hall–Kier alpha value is -1.47. The molecule has 1 amide bonds. The second-order valence-corrected chi connectivity index (χ2v) is 6.53. The van der Waals surface area contributed by atoms with Crippen LogP contribution in [0.15, 0.2) is 23.1 Å². The van der Waals surface area contributed by atoms with E-state index in [9.17, 15) is 10.1 Å². The molecule has 0 aromatic heterocycles. The van der Waals surface area contributed by atoms with Crippen molar-refractivity contribution >= 4 is 23.4 Å². The van der Waals surface area contributed by atoms with Gasteiger partial charge in [-0.2, -0.15) is 5.26 Å². The summed E-state index contributed by atoms with van der Waals surface area (Å²) in [5.41, 5.74) is 1.56. The number of thioether (sulfide) groups is 1. The first kappa shape index (κ1) is 11.6. The van der Waals surface area contributed by atoms with E-state index in [1.807, 2.05) is 25.1 Å². The number of carbonyl (C=O) groups excluding carboxylic acids is 1. The average molecular weight is 258 g/mol. The van der Waals surface area contributed by atoms with E-state index < -0.39 is 0 Å². The fraction of sp³-hybridized carbons (Fsp3) is 0.429. The van der Waals surface area contributed by atoms with Crippen LogP contribution < -0.4 is 5.32 Å². The average Bonchev–Trinajstić information content (AvgIpc) is 3.02. The number of nitriles is 1. The quantitative estimate of drug-likeness (QED) is 0.842. The Morgan fingerprint density at radius 3 is 2.83 bits per heavy atom. The minimum absolute atomic E-state index is 0.0412. The summed E-state index contributed by atoms with van der Waals surface area (Å²) >= 11 is 1.57. The molecule has 1 aromatic carbocycles. The van der Waals surface area contributed by atoms with Crippen molar-refractivity contribution in [3.8, 4) is 6.07 Å². The molecule has 2 aliphatic rings. The molecule has 1 N–H and O–H groups in total. The highest BCUT2D eigenvalue weighted by Gasteiger charge is 2.53. The topological polar surface area (TPSA) is 52.9 Å². The zero-order chi connectivity index (χ0) is 12.9. The summed E-state index contributed by atoms with van der Waals surface area (Å²) in [7, 11) is 0. The highest BCUT2D eigenvalue weighted by Crippen LogP contribution is 2.54. The number of anilines is 1. The van der Waals surface area contributed by atoms with Crippen LogP contribution in [0, 0.1) is 17.2 Å². The Labute approximate surface area is 111 Å². The number of hydrogen-bond acceptors (Lipinski definition) is 3. The van der Waals surface area contributed by atoms with Gasteiger partial charge >= 0.3 is 0 Å². The summed E-state index contributed by atoms with van der Waals surface area (Å²) < 4.78 is 0. The van der Waals surface area contributed by atoms with Gasteiger partial charge in [0.25, 0.3) is 0 Å². The minimum Gasteiger partial charge on any atom is -0.324 e. The van der Waals surface area contributed by atoms with Gasteiger partial charge in [0.05, 0.1) is 22.4 Å². The number of rotatable bonds is 1. The predicted octanol–water partition coefficient (Wildman–Crippen LogP) is 2.92. The smallest absolute Gasteiger partial charge is 0.237 e. The summed E-state index contributed by atoms with van der Waals surface area (Å²) in [6, 6.07) is 8.45. The fourth-order valence-corrected chi connectivity index (χ4v) is 3.46. The Morgan fingerprint density at radius 2 is 2.22 bits per heavy atom. The molecule has 3 atom stereocenters. The van der Waals surface area contributed by atoms with Crippen molar-refractivity contribution in [2.75, 3.05) is 5.32 Å². The van der Waals surface area contributed by atoms with Crippen LogP contribution in [0.25, 0.3) is 0 Å². The van der Waals surface area contributed by atoms with E-state index in [4.69, 9.17) is 0 Å². The standard InChI is InChI=1S/C14H14N2OS/c1-8-6-14(8,7-15)10-3-4-12-11(5-10)16-13(17)9(2)18-12/h3-5,8-9H,6H2,1-2H3,(H,16,17). The third-order valence-corrected chi connectivity index (χ3v) is 5.11. The van der Waals surface area contributed by atoms with Gasteiger partial charge in [0.1, 0.15) is 0 Å². The van der Waals surface area contributed by atoms with Gasteiger partial charge < -0.3 is 5.32 Å². The van der Waals surface area contributed by atoms with Gasteiger partial charge in [-0.05, 0) is 37.0 Å². The van der Waals surface area contributed by atoms with Gasteiger partial charge in [-0.1, -0.05) is 13.0 Å². The molecule has 1 fully saturated rings. The fourth-order valence-electron chi connectivity index (χ4n) is 2.53. The largest absolute Gasteiger partial charge is 0.324 e. The van der Waals surface area contributed by atoms with Gasteiger partial charge in [0, 0.05) is 4.90 Å². The molecule has 4 heteroatoms. The number of nitrogens with zero attached hydrogens (tertiary/aromatic N) is 1. The number of hydrogen-bond donors (Lipinski definition) is 1. The Kier molecular flexibility index (Phi) is 2.43. The van der Waals surface area contributed by atoms with E-state index >= 15 is 0 Å². The van der Waals surface area contributed by atoms with Gasteiger partial charge in [-0.15, -0.1) is 11.8 Å². The normalized spacial score (nSPS) is 33.3. The maximum atomic E-state index is 11.7. The molecule has 92 valence electrons. The second-order valence-electron chi connectivity index (χ2n) is 5.15. The van der Waals surface area contributed by atoms with Crippen LogP contribution >= 0.6 is 11.8 Å². The van der Waals surface area contributed by atoms with Crippen LogP contribution in [0.3, 0.4) is 0 Å². The Bertz CT molecular complexity index is 578. The van der Waals surface area contributed by atoms with E-state index in [0.717, 1.165) is 22.6 Å². The SMILES string of the molecule is CC1Sc2ccc(C3(C#N)CC3C)cc2NC1=O. The molecule has 1 heterocycles. The van der Waals surface area contributed by atoms with Crippen molar-refractivity contribution in [1.82, 2.24) is 0 Å². The first-order valence-corrected chi connectivity index (χ1v) is 6.98. The third kappa shape index (κ3) is 1.54. The van der Waals surface area contributed by atoms with Crippen LogP contribution in [0.1, 0.15) is 25.8 Å². The molecule has 3 rings (SSSR count).